The molecule has 3 nitrogen and oxygen atoms in total. The first-order valence-electron chi connectivity index (χ1n) is 4.68. The predicted octanol–water partition coefficient (Wildman–Crippen LogP) is 1.64. The zero-order chi connectivity index (χ0) is 10.4. The standard InChI is InChI=1S/C10H16N2OS.ClH/c1-8(6-11-2)10(13)12-7-9-4-3-5-14-9;/h3-5,8,11H,6-7H2,1-2H3,(H,12,13);1H. The summed E-state index contributed by atoms with van der Waals surface area (Å²) in [4.78, 5) is 12.7. The molecular weight excluding hydrogens is 232 g/mol. The fourth-order valence-corrected chi connectivity index (χ4v) is 1.81. The van der Waals surface area contributed by atoms with Crippen LogP contribution in [-0.4, -0.2) is 19.5 Å². The van der Waals surface area contributed by atoms with Crippen molar-refractivity contribution in [1.29, 1.82) is 0 Å². The average Bonchev–Trinajstić information content (AvgIpc) is 2.67. The largest absolute Gasteiger partial charge is 0.351 e. The smallest absolute Gasteiger partial charge is 0.224 e. The van der Waals surface area contributed by atoms with Crippen LogP contribution in [0.2, 0.25) is 0 Å². The fraction of sp³-hybridized carbons (Fsp3) is 0.500. The van der Waals surface area contributed by atoms with Crippen molar-refractivity contribution in [2.24, 2.45) is 5.92 Å². The lowest BCUT2D eigenvalue weighted by Crippen LogP contribution is -2.33. The van der Waals surface area contributed by atoms with Crippen molar-refractivity contribution in [2.75, 3.05) is 13.6 Å². The second-order valence-electron chi connectivity index (χ2n) is 3.26. The van der Waals surface area contributed by atoms with Crippen molar-refractivity contribution < 1.29 is 4.79 Å². The third kappa shape index (κ3) is 5.16. The molecule has 0 aromatic carbocycles. The summed E-state index contributed by atoms with van der Waals surface area (Å²) in [6.07, 6.45) is 0. The van der Waals surface area contributed by atoms with Gasteiger partial charge in [-0.3, -0.25) is 4.79 Å². The molecule has 0 saturated heterocycles. The summed E-state index contributed by atoms with van der Waals surface area (Å²) in [7, 11) is 1.85. The maximum absolute atomic E-state index is 11.5. The summed E-state index contributed by atoms with van der Waals surface area (Å²) in [5, 5.41) is 7.90. The van der Waals surface area contributed by atoms with Gasteiger partial charge in [-0.25, -0.2) is 0 Å². The summed E-state index contributed by atoms with van der Waals surface area (Å²) in [5.74, 6) is 0.132. The van der Waals surface area contributed by atoms with E-state index in [4.69, 9.17) is 0 Å². The first-order chi connectivity index (χ1) is 6.74. The van der Waals surface area contributed by atoms with Gasteiger partial charge in [-0.15, -0.1) is 23.7 Å². The van der Waals surface area contributed by atoms with Crippen molar-refractivity contribution in [3.63, 3.8) is 0 Å². The van der Waals surface area contributed by atoms with E-state index in [-0.39, 0.29) is 24.2 Å². The number of amides is 1. The number of thiophene rings is 1. The Morgan fingerprint density at radius 2 is 2.33 bits per heavy atom. The van der Waals surface area contributed by atoms with Gasteiger partial charge in [-0.2, -0.15) is 0 Å². The second-order valence-corrected chi connectivity index (χ2v) is 4.29. The summed E-state index contributed by atoms with van der Waals surface area (Å²) in [6, 6.07) is 4.01. The minimum atomic E-state index is 0. The number of nitrogens with one attached hydrogen (secondary N) is 2. The molecule has 1 heterocycles. The van der Waals surface area contributed by atoms with Gasteiger partial charge in [0.15, 0.2) is 0 Å². The Labute approximate surface area is 101 Å². The molecule has 0 aliphatic rings. The Hall–Kier alpha value is -0.580. The third-order valence-corrected chi connectivity index (χ3v) is 2.85. The number of hydrogen-bond donors (Lipinski definition) is 2. The molecule has 1 unspecified atom stereocenters. The Bertz CT molecular complexity index is 277. The lowest BCUT2D eigenvalue weighted by Gasteiger charge is -2.10. The number of carbonyl (C=O) groups is 1. The molecule has 5 heteroatoms. The van der Waals surface area contributed by atoms with Crippen LogP contribution in [0.3, 0.4) is 0 Å². The summed E-state index contributed by atoms with van der Waals surface area (Å²) in [5.41, 5.74) is 0. The molecule has 0 spiro atoms. The van der Waals surface area contributed by atoms with Crippen LogP contribution in [-0.2, 0) is 11.3 Å². The predicted molar refractivity (Wildman–Crippen MR) is 66.5 cm³/mol. The SMILES string of the molecule is CNCC(C)C(=O)NCc1cccs1.Cl. The van der Waals surface area contributed by atoms with Crippen molar-refractivity contribution in [1.82, 2.24) is 10.6 Å². The Morgan fingerprint density at radius 3 is 2.87 bits per heavy atom. The molecule has 0 aliphatic carbocycles. The van der Waals surface area contributed by atoms with E-state index in [9.17, 15) is 4.79 Å². The topological polar surface area (TPSA) is 41.1 Å². The molecule has 1 atom stereocenters. The highest BCUT2D eigenvalue weighted by Crippen LogP contribution is 2.07. The highest BCUT2D eigenvalue weighted by Gasteiger charge is 2.10. The molecule has 0 bridgehead atoms. The van der Waals surface area contributed by atoms with E-state index in [2.05, 4.69) is 10.6 Å². The number of halogens is 1. The number of rotatable bonds is 5. The summed E-state index contributed by atoms with van der Waals surface area (Å²) in [6.45, 7) is 3.28. The van der Waals surface area contributed by atoms with Crippen LogP contribution >= 0.6 is 23.7 Å². The fourth-order valence-electron chi connectivity index (χ4n) is 1.16. The van der Waals surface area contributed by atoms with E-state index in [0.717, 1.165) is 6.54 Å². The zero-order valence-electron chi connectivity index (χ0n) is 8.95. The van der Waals surface area contributed by atoms with Gasteiger partial charge in [-0.1, -0.05) is 13.0 Å². The minimum Gasteiger partial charge on any atom is -0.351 e. The lowest BCUT2D eigenvalue weighted by atomic mass is 10.1. The maximum Gasteiger partial charge on any atom is 0.224 e. The van der Waals surface area contributed by atoms with Crippen LogP contribution in [0, 0.1) is 5.92 Å². The van der Waals surface area contributed by atoms with Gasteiger partial charge in [0.25, 0.3) is 0 Å². The van der Waals surface area contributed by atoms with Crippen LogP contribution in [0.25, 0.3) is 0 Å². The number of hydrogen-bond acceptors (Lipinski definition) is 3. The molecular formula is C10H17ClN2OS. The normalized spacial score (nSPS) is 11.6. The molecule has 0 saturated carbocycles. The quantitative estimate of drug-likeness (QED) is 0.832. The Balaban J connectivity index is 0.00000196. The molecule has 0 radical (unpaired) electrons. The Kier molecular flexibility index (Phi) is 7.38. The van der Waals surface area contributed by atoms with Gasteiger partial charge < -0.3 is 10.6 Å². The average molecular weight is 249 g/mol. The minimum absolute atomic E-state index is 0. The summed E-state index contributed by atoms with van der Waals surface area (Å²) >= 11 is 1.66. The van der Waals surface area contributed by atoms with Crippen LogP contribution in [0.5, 0.6) is 0 Å². The molecule has 1 rings (SSSR count). The van der Waals surface area contributed by atoms with Gasteiger partial charge in [0.1, 0.15) is 0 Å². The van der Waals surface area contributed by atoms with Crippen LogP contribution in [0.4, 0.5) is 0 Å². The first kappa shape index (κ1) is 14.4. The van der Waals surface area contributed by atoms with Gasteiger partial charge in [-0.05, 0) is 18.5 Å². The van der Waals surface area contributed by atoms with E-state index in [1.54, 1.807) is 11.3 Å². The molecule has 2 N–H and O–H groups in total. The van der Waals surface area contributed by atoms with Gasteiger partial charge in [0.2, 0.25) is 5.91 Å². The van der Waals surface area contributed by atoms with Gasteiger partial charge in [0, 0.05) is 17.3 Å². The van der Waals surface area contributed by atoms with Crippen LogP contribution in [0.15, 0.2) is 17.5 Å². The molecule has 1 amide bonds. The molecule has 0 fully saturated rings. The molecule has 86 valence electrons. The highest BCUT2D eigenvalue weighted by molar-refractivity contribution is 7.09. The molecule has 1 aromatic heterocycles. The summed E-state index contributed by atoms with van der Waals surface area (Å²) < 4.78 is 0. The van der Waals surface area contributed by atoms with Crippen molar-refractivity contribution in [2.45, 2.75) is 13.5 Å². The zero-order valence-corrected chi connectivity index (χ0v) is 10.6. The Morgan fingerprint density at radius 1 is 1.60 bits per heavy atom. The third-order valence-electron chi connectivity index (χ3n) is 1.97. The first-order valence-corrected chi connectivity index (χ1v) is 5.56. The van der Waals surface area contributed by atoms with Gasteiger partial charge in [0.05, 0.1) is 6.54 Å². The van der Waals surface area contributed by atoms with Crippen LogP contribution in [0.1, 0.15) is 11.8 Å². The second kappa shape index (κ2) is 7.68. The number of carbonyl (C=O) groups excluding carboxylic acids is 1. The van der Waals surface area contributed by atoms with Crippen LogP contribution < -0.4 is 10.6 Å². The van der Waals surface area contributed by atoms with E-state index >= 15 is 0 Å². The van der Waals surface area contributed by atoms with E-state index in [1.165, 1.54) is 4.88 Å². The monoisotopic (exact) mass is 248 g/mol. The lowest BCUT2D eigenvalue weighted by molar-refractivity contribution is -0.124. The van der Waals surface area contributed by atoms with Crippen molar-refractivity contribution in [3.8, 4) is 0 Å². The molecule has 0 aliphatic heterocycles. The molecule has 1 aromatic rings. The van der Waals surface area contributed by atoms with Gasteiger partial charge >= 0.3 is 0 Å². The molecule has 15 heavy (non-hydrogen) atoms. The van der Waals surface area contributed by atoms with E-state index in [1.807, 2.05) is 31.5 Å². The van der Waals surface area contributed by atoms with E-state index in [0.29, 0.717) is 6.54 Å². The van der Waals surface area contributed by atoms with Crippen molar-refractivity contribution >= 4 is 29.7 Å². The van der Waals surface area contributed by atoms with E-state index < -0.39 is 0 Å². The highest BCUT2D eigenvalue weighted by atomic mass is 35.5. The van der Waals surface area contributed by atoms with Crippen molar-refractivity contribution in [3.05, 3.63) is 22.4 Å². The maximum atomic E-state index is 11.5.